The molecule has 5 heteroatoms. The molecular formula is C9H16ClNO2S. The van der Waals surface area contributed by atoms with Crippen LogP contribution >= 0.6 is 11.6 Å². The van der Waals surface area contributed by atoms with Gasteiger partial charge in [-0.05, 0) is 19.8 Å². The first-order valence-corrected chi connectivity index (χ1v) is 6.90. The van der Waals surface area contributed by atoms with Gasteiger partial charge in [0, 0.05) is 19.0 Å². The van der Waals surface area contributed by atoms with Crippen LogP contribution in [0.2, 0.25) is 0 Å². The van der Waals surface area contributed by atoms with Crippen LogP contribution in [0.3, 0.4) is 0 Å². The Morgan fingerprint density at radius 3 is 2.86 bits per heavy atom. The van der Waals surface area contributed by atoms with E-state index >= 15 is 0 Å². The summed E-state index contributed by atoms with van der Waals surface area (Å²) in [7, 11) is -3.07. The summed E-state index contributed by atoms with van der Waals surface area (Å²) in [4.78, 5) is 0. The third-order valence-corrected chi connectivity index (χ3v) is 4.40. The Labute approximate surface area is 90.8 Å². The minimum Gasteiger partial charge on any atom is -0.212 e. The molecule has 0 atom stereocenters. The number of rotatable bonds is 4. The van der Waals surface area contributed by atoms with Crippen LogP contribution in [0, 0.1) is 0 Å². The number of hydrogen-bond donors (Lipinski definition) is 0. The molecule has 0 N–H and O–H groups in total. The Kier molecular flexibility index (Phi) is 4.41. The van der Waals surface area contributed by atoms with Crippen LogP contribution < -0.4 is 0 Å². The second-order valence-electron chi connectivity index (χ2n) is 3.53. The summed E-state index contributed by atoms with van der Waals surface area (Å²) in [6.07, 6.45) is 3.45. The van der Waals surface area contributed by atoms with Crippen molar-refractivity contribution in [2.24, 2.45) is 0 Å². The number of hydrogen-bond acceptors (Lipinski definition) is 2. The van der Waals surface area contributed by atoms with Crippen molar-refractivity contribution < 1.29 is 8.42 Å². The number of nitrogens with zero attached hydrogens (tertiary/aromatic N) is 1. The van der Waals surface area contributed by atoms with Crippen LogP contribution in [0.25, 0.3) is 0 Å². The first-order chi connectivity index (χ1) is 6.56. The van der Waals surface area contributed by atoms with E-state index in [1.807, 2.05) is 6.92 Å². The molecule has 0 fully saturated rings. The van der Waals surface area contributed by atoms with Crippen LogP contribution in [0.15, 0.2) is 11.6 Å². The zero-order chi connectivity index (χ0) is 10.6. The second kappa shape index (κ2) is 5.14. The van der Waals surface area contributed by atoms with Gasteiger partial charge in [-0.3, -0.25) is 0 Å². The Hall–Kier alpha value is -0.0600. The molecule has 0 saturated heterocycles. The van der Waals surface area contributed by atoms with Gasteiger partial charge in [0.1, 0.15) is 0 Å². The fraction of sp³-hybridized carbons (Fsp3) is 0.778. The monoisotopic (exact) mass is 237 g/mol. The van der Waals surface area contributed by atoms with Crippen molar-refractivity contribution in [1.29, 1.82) is 0 Å². The second-order valence-corrected chi connectivity index (χ2v) is 6.00. The van der Waals surface area contributed by atoms with Crippen molar-refractivity contribution in [3.05, 3.63) is 11.6 Å². The maximum absolute atomic E-state index is 11.7. The van der Waals surface area contributed by atoms with Gasteiger partial charge in [0.05, 0.1) is 5.75 Å². The fourth-order valence-electron chi connectivity index (χ4n) is 1.48. The first-order valence-electron chi connectivity index (χ1n) is 4.75. The van der Waals surface area contributed by atoms with Crippen LogP contribution in [0.1, 0.15) is 19.8 Å². The van der Waals surface area contributed by atoms with Crippen LogP contribution in [-0.2, 0) is 10.0 Å². The molecule has 0 aromatic carbocycles. The maximum Gasteiger partial charge on any atom is 0.214 e. The molecule has 0 amide bonds. The largest absolute Gasteiger partial charge is 0.214 e. The third-order valence-electron chi connectivity index (χ3n) is 2.23. The lowest BCUT2D eigenvalue weighted by Gasteiger charge is -2.25. The van der Waals surface area contributed by atoms with Crippen LogP contribution in [0.4, 0.5) is 0 Å². The van der Waals surface area contributed by atoms with Gasteiger partial charge in [-0.25, -0.2) is 8.42 Å². The molecule has 0 aromatic rings. The average molecular weight is 238 g/mol. The summed E-state index contributed by atoms with van der Waals surface area (Å²) >= 11 is 5.48. The van der Waals surface area contributed by atoms with Gasteiger partial charge in [0.25, 0.3) is 0 Å². The molecule has 0 aromatic heterocycles. The van der Waals surface area contributed by atoms with Gasteiger partial charge < -0.3 is 0 Å². The molecule has 0 bridgehead atoms. The van der Waals surface area contributed by atoms with E-state index in [1.165, 1.54) is 0 Å². The van der Waals surface area contributed by atoms with Gasteiger partial charge in [-0.2, -0.15) is 4.31 Å². The van der Waals surface area contributed by atoms with Crippen molar-refractivity contribution in [3.63, 3.8) is 0 Å². The standard InChI is InChI=1S/C9H16ClNO2S/c1-9-4-2-6-11(8-9)14(12,13)7-3-5-10/h4H,2-3,5-8H2,1H3. The topological polar surface area (TPSA) is 37.4 Å². The van der Waals surface area contributed by atoms with Gasteiger partial charge in [0.15, 0.2) is 0 Å². The molecule has 3 nitrogen and oxygen atoms in total. The van der Waals surface area contributed by atoms with Crippen LogP contribution in [-0.4, -0.2) is 37.4 Å². The highest BCUT2D eigenvalue weighted by atomic mass is 35.5. The third kappa shape index (κ3) is 3.26. The smallest absolute Gasteiger partial charge is 0.212 e. The van der Waals surface area contributed by atoms with Gasteiger partial charge >= 0.3 is 0 Å². The lowest BCUT2D eigenvalue weighted by molar-refractivity contribution is 0.427. The lowest BCUT2D eigenvalue weighted by Crippen LogP contribution is -2.37. The number of halogens is 1. The lowest BCUT2D eigenvalue weighted by atomic mass is 10.2. The van der Waals surface area contributed by atoms with Crippen molar-refractivity contribution >= 4 is 21.6 Å². The quantitative estimate of drug-likeness (QED) is 0.550. The Morgan fingerprint density at radius 2 is 2.29 bits per heavy atom. The average Bonchev–Trinajstić information content (AvgIpc) is 2.15. The molecule has 1 aliphatic rings. The molecule has 0 saturated carbocycles. The van der Waals surface area contributed by atoms with Crippen molar-refractivity contribution in [2.45, 2.75) is 19.8 Å². The summed E-state index contributed by atoms with van der Waals surface area (Å²) < 4.78 is 25.0. The molecule has 0 spiro atoms. The normalized spacial score (nSPS) is 19.4. The number of alkyl halides is 1. The van der Waals surface area contributed by atoms with E-state index in [1.54, 1.807) is 4.31 Å². The highest BCUT2D eigenvalue weighted by Crippen LogP contribution is 2.14. The fourth-order valence-corrected chi connectivity index (χ4v) is 3.32. The molecule has 14 heavy (non-hydrogen) atoms. The van der Waals surface area contributed by atoms with Crippen molar-refractivity contribution in [3.8, 4) is 0 Å². The zero-order valence-corrected chi connectivity index (χ0v) is 9.94. The predicted molar refractivity (Wildman–Crippen MR) is 59.1 cm³/mol. The van der Waals surface area contributed by atoms with Crippen molar-refractivity contribution in [2.75, 3.05) is 24.7 Å². The molecule has 0 radical (unpaired) electrons. The van der Waals surface area contributed by atoms with Gasteiger partial charge in [-0.1, -0.05) is 11.6 Å². The van der Waals surface area contributed by atoms with E-state index in [2.05, 4.69) is 6.08 Å². The summed E-state index contributed by atoms with van der Waals surface area (Å²) in [6, 6.07) is 0. The highest BCUT2D eigenvalue weighted by molar-refractivity contribution is 7.89. The minimum absolute atomic E-state index is 0.170. The minimum atomic E-state index is -3.07. The van der Waals surface area contributed by atoms with Gasteiger partial charge in [-0.15, -0.1) is 11.6 Å². The van der Waals surface area contributed by atoms with E-state index in [-0.39, 0.29) is 5.75 Å². The molecular weight excluding hydrogens is 222 g/mol. The van der Waals surface area contributed by atoms with E-state index in [9.17, 15) is 8.42 Å². The summed E-state index contributed by atoms with van der Waals surface area (Å²) in [5.41, 5.74) is 1.13. The molecule has 82 valence electrons. The van der Waals surface area contributed by atoms with Gasteiger partial charge in [0.2, 0.25) is 10.0 Å². The Bertz CT molecular complexity index is 311. The molecule has 1 heterocycles. The molecule has 1 aliphatic heterocycles. The summed E-state index contributed by atoms with van der Waals surface area (Å²) in [5.74, 6) is 0.575. The van der Waals surface area contributed by atoms with E-state index < -0.39 is 10.0 Å². The summed E-state index contributed by atoms with van der Waals surface area (Å²) in [6.45, 7) is 3.12. The van der Waals surface area contributed by atoms with Crippen LogP contribution in [0.5, 0.6) is 0 Å². The zero-order valence-electron chi connectivity index (χ0n) is 8.37. The summed E-state index contributed by atoms with van der Waals surface area (Å²) in [5, 5.41) is 0. The first kappa shape index (κ1) is 12.0. The highest BCUT2D eigenvalue weighted by Gasteiger charge is 2.22. The maximum atomic E-state index is 11.7. The molecule has 0 aliphatic carbocycles. The molecule has 1 rings (SSSR count). The van der Waals surface area contributed by atoms with Crippen molar-refractivity contribution in [1.82, 2.24) is 4.31 Å². The Morgan fingerprint density at radius 1 is 1.57 bits per heavy atom. The Balaban J connectivity index is 2.60. The van der Waals surface area contributed by atoms with E-state index in [0.29, 0.717) is 25.4 Å². The number of sulfonamides is 1. The predicted octanol–water partition coefficient (Wildman–Crippen LogP) is 1.60. The van der Waals surface area contributed by atoms with E-state index in [0.717, 1.165) is 12.0 Å². The molecule has 0 unspecified atom stereocenters. The SMILES string of the molecule is CC1=CCCN(S(=O)(=O)CCCCl)C1. The van der Waals surface area contributed by atoms with E-state index in [4.69, 9.17) is 11.6 Å².